The number of thiophene rings is 1. The van der Waals surface area contributed by atoms with E-state index in [-0.39, 0.29) is 5.56 Å². The maximum absolute atomic E-state index is 12.8. The van der Waals surface area contributed by atoms with Crippen LogP contribution in [-0.2, 0) is 12.3 Å². The van der Waals surface area contributed by atoms with Crippen molar-refractivity contribution in [3.8, 4) is 22.7 Å². The summed E-state index contributed by atoms with van der Waals surface area (Å²) in [5, 5.41) is 11.9. The molecule has 5 rings (SSSR count). The lowest BCUT2D eigenvalue weighted by Gasteiger charge is -2.06. The van der Waals surface area contributed by atoms with Crippen molar-refractivity contribution in [2.24, 2.45) is 0 Å². The Kier molecular flexibility index (Phi) is 4.97. The summed E-state index contributed by atoms with van der Waals surface area (Å²) in [5.41, 5.74) is 1.81. The first-order valence-corrected chi connectivity index (χ1v) is 11.3. The van der Waals surface area contributed by atoms with Gasteiger partial charge in [0.2, 0.25) is 0 Å². The van der Waals surface area contributed by atoms with Gasteiger partial charge in [0.1, 0.15) is 10.7 Å². The number of fused-ring (bicyclic) bond motifs is 1. The molecule has 1 N–H and O–H groups in total. The first-order chi connectivity index (χ1) is 14.7. The van der Waals surface area contributed by atoms with Gasteiger partial charge in [-0.3, -0.25) is 9.36 Å². The highest BCUT2D eigenvalue weighted by Crippen LogP contribution is 2.31. The van der Waals surface area contributed by atoms with Gasteiger partial charge in [-0.15, -0.1) is 21.5 Å². The Morgan fingerprint density at radius 2 is 2.03 bits per heavy atom. The molecule has 1 aromatic carbocycles. The monoisotopic (exact) mass is 435 g/mol. The van der Waals surface area contributed by atoms with E-state index < -0.39 is 0 Å². The molecule has 0 aliphatic heterocycles. The maximum Gasteiger partial charge on any atom is 0.260 e. The molecular weight excluding hydrogens is 418 g/mol. The molecule has 5 aromatic rings. The smallest absolute Gasteiger partial charge is 0.260 e. The van der Waals surface area contributed by atoms with Gasteiger partial charge < -0.3 is 9.40 Å². The van der Waals surface area contributed by atoms with E-state index in [9.17, 15) is 4.79 Å². The first-order valence-electron chi connectivity index (χ1n) is 9.40. The minimum Gasteiger partial charge on any atom is -0.461 e. The van der Waals surface area contributed by atoms with Gasteiger partial charge in [0, 0.05) is 17.5 Å². The van der Waals surface area contributed by atoms with Crippen molar-refractivity contribution >= 4 is 33.3 Å². The minimum absolute atomic E-state index is 0.121. The Labute approximate surface area is 179 Å². The van der Waals surface area contributed by atoms with E-state index in [0.29, 0.717) is 35.1 Å². The van der Waals surface area contributed by atoms with Crippen LogP contribution in [0.4, 0.5) is 0 Å². The zero-order chi connectivity index (χ0) is 20.5. The molecule has 0 radical (unpaired) electrons. The van der Waals surface area contributed by atoms with Crippen LogP contribution in [0.2, 0.25) is 0 Å². The number of aromatic amines is 1. The van der Waals surface area contributed by atoms with Gasteiger partial charge in [-0.25, -0.2) is 4.98 Å². The molecule has 0 bridgehead atoms. The highest BCUT2D eigenvalue weighted by Gasteiger charge is 2.17. The van der Waals surface area contributed by atoms with Crippen molar-refractivity contribution in [3.63, 3.8) is 0 Å². The van der Waals surface area contributed by atoms with Crippen LogP contribution in [0, 0.1) is 0 Å². The number of furan rings is 1. The normalized spacial score (nSPS) is 11.4. The average molecular weight is 436 g/mol. The highest BCUT2D eigenvalue weighted by molar-refractivity contribution is 7.98. The third kappa shape index (κ3) is 3.35. The zero-order valence-corrected chi connectivity index (χ0v) is 17.7. The number of thioether (sulfide) groups is 1. The van der Waals surface area contributed by atoms with E-state index in [1.54, 1.807) is 6.26 Å². The van der Waals surface area contributed by atoms with Crippen LogP contribution >= 0.6 is 23.1 Å². The van der Waals surface area contributed by atoms with Crippen LogP contribution in [0.15, 0.2) is 68.5 Å². The Morgan fingerprint density at radius 3 is 2.80 bits per heavy atom. The zero-order valence-electron chi connectivity index (χ0n) is 16.0. The van der Waals surface area contributed by atoms with Gasteiger partial charge in [-0.05, 0) is 24.6 Å². The maximum atomic E-state index is 12.8. The van der Waals surface area contributed by atoms with Crippen molar-refractivity contribution in [2.45, 2.75) is 24.4 Å². The summed E-state index contributed by atoms with van der Waals surface area (Å²) in [7, 11) is 0. The summed E-state index contributed by atoms with van der Waals surface area (Å²) in [6.07, 6.45) is 1.62. The lowest BCUT2D eigenvalue weighted by molar-refractivity contribution is 0.567. The summed E-state index contributed by atoms with van der Waals surface area (Å²) in [6, 6.07) is 13.6. The summed E-state index contributed by atoms with van der Waals surface area (Å²) in [6.45, 7) is 2.74. The number of nitrogens with zero attached hydrogens (tertiary/aromatic N) is 4. The highest BCUT2D eigenvalue weighted by atomic mass is 32.2. The Hall–Kier alpha value is -3.17. The van der Waals surface area contributed by atoms with Gasteiger partial charge in [0.05, 0.1) is 17.4 Å². The van der Waals surface area contributed by atoms with Crippen molar-refractivity contribution in [1.82, 2.24) is 24.7 Å². The second-order valence-electron chi connectivity index (χ2n) is 6.52. The van der Waals surface area contributed by atoms with Gasteiger partial charge in [-0.2, -0.15) is 0 Å². The van der Waals surface area contributed by atoms with E-state index in [4.69, 9.17) is 4.42 Å². The molecule has 0 saturated heterocycles. The molecule has 4 heterocycles. The van der Waals surface area contributed by atoms with Crippen LogP contribution in [0.5, 0.6) is 0 Å². The van der Waals surface area contributed by atoms with Crippen LogP contribution in [0.3, 0.4) is 0 Å². The quantitative estimate of drug-likeness (QED) is 0.385. The molecule has 0 atom stereocenters. The van der Waals surface area contributed by atoms with E-state index >= 15 is 0 Å². The summed E-state index contributed by atoms with van der Waals surface area (Å²) in [4.78, 5) is 21.1. The molecule has 0 aliphatic carbocycles. The number of rotatable bonds is 6. The number of benzene rings is 1. The summed E-state index contributed by atoms with van der Waals surface area (Å²) in [5.74, 6) is 2.47. The number of nitrogens with one attached hydrogen (secondary N) is 1. The van der Waals surface area contributed by atoms with Crippen LogP contribution < -0.4 is 5.56 Å². The number of aromatic nitrogens is 5. The van der Waals surface area contributed by atoms with E-state index in [1.165, 1.54) is 23.1 Å². The number of hydrogen-bond donors (Lipinski definition) is 1. The van der Waals surface area contributed by atoms with E-state index in [0.717, 1.165) is 21.1 Å². The predicted molar refractivity (Wildman–Crippen MR) is 119 cm³/mol. The van der Waals surface area contributed by atoms with Gasteiger partial charge in [0.25, 0.3) is 5.56 Å². The average Bonchev–Trinajstić information content (AvgIpc) is 3.51. The molecule has 150 valence electrons. The lowest BCUT2D eigenvalue weighted by atomic mass is 10.1. The lowest BCUT2D eigenvalue weighted by Crippen LogP contribution is -2.11. The first kappa shape index (κ1) is 18.8. The number of hydrogen-bond acceptors (Lipinski definition) is 7. The second kappa shape index (κ2) is 7.92. The Balaban J connectivity index is 1.43. The third-order valence-corrected chi connectivity index (χ3v) is 6.54. The molecule has 0 spiro atoms. The largest absolute Gasteiger partial charge is 0.461 e. The second-order valence-corrected chi connectivity index (χ2v) is 8.33. The van der Waals surface area contributed by atoms with Gasteiger partial charge >= 0.3 is 0 Å². The minimum atomic E-state index is -0.121. The van der Waals surface area contributed by atoms with Crippen molar-refractivity contribution in [3.05, 3.63) is 70.3 Å². The fraction of sp³-hybridized carbons (Fsp3) is 0.143. The molecule has 0 aliphatic rings. The fourth-order valence-electron chi connectivity index (χ4n) is 3.29. The fourth-order valence-corrected chi connectivity index (χ4v) is 5.13. The summed E-state index contributed by atoms with van der Waals surface area (Å²) >= 11 is 2.97. The Morgan fingerprint density at radius 1 is 1.17 bits per heavy atom. The molecule has 0 amide bonds. The van der Waals surface area contributed by atoms with Gasteiger partial charge in [-0.1, -0.05) is 42.1 Å². The molecule has 9 heteroatoms. The molecule has 30 heavy (non-hydrogen) atoms. The topological polar surface area (TPSA) is 89.6 Å². The molecular formula is C21H17N5O2S2. The Bertz CT molecular complexity index is 1350. The molecule has 4 aromatic heterocycles. The number of H-pyrrole nitrogens is 1. The molecule has 0 saturated carbocycles. The standard InChI is InChI=1S/C21H17N5O2S2/c1-2-26-18(15-9-6-10-28-15)24-25-21(26)30-12-16-22-19(27)17-14(11-29-20(17)23-16)13-7-4-3-5-8-13/h3-11H,2,12H2,1H3,(H,22,23,27). The van der Waals surface area contributed by atoms with Crippen molar-refractivity contribution in [2.75, 3.05) is 0 Å². The van der Waals surface area contributed by atoms with E-state index in [1.807, 2.05) is 59.3 Å². The van der Waals surface area contributed by atoms with Gasteiger partial charge in [0.15, 0.2) is 16.7 Å². The summed E-state index contributed by atoms with van der Waals surface area (Å²) < 4.78 is 7.43. The predicted octanol–water partition coefficient (Wildman–Crippen LogP) is 4.82. The van der Waals surface area contributed by atoms with Crippen molar-refractivity contribution < 1.29 is 4.42 Å². The van der Waals surface area contributed by atoms with Crippen LogP contribution in [-0.4, -0.2) is 24.7 Å². The molecule has 0 fully saturated rings. The molecule has 0 unspecified atom stereocenters. The molecule has 7 nitrogen and oxygen atoms in total. The van der Waals surface area contributed by atoms with Crippen molar-refractivity contribution in [1.29, 1.82) is 0 Å². The van der Waals surface area contributed by atoms with E-state index in [2.05, 4.69) is 20.2 Å². The van der Waals surface area contributed by atoms with Crippen LogP contribution in [0.25, 0.3) is 32.9 Å². The van der Waals surface area contributed by atoms with Crippen LogP contribution in [0.1, 0.15) is 12.7 Å². The third-order valence-electron chi connectivity index (χ3n) is 4.69. The SMILES string of the molecule is CCn1c(SCc2nc3scc(-c4ccccc4)c3c(=O)[nH]2)nnc1-c1ccco1.